The first kappa shape index (κ1) is 23.1. The molecule has 0 aliphatic carbocycles. The van der Waals surface area contributed by atoms with Gasteiger partial charge in [-0.15, -0.1) is 0 Å². The molecule has 33 heavy (non-hydrogen) atoms. The van der Waals surface area contributed by atoms with Gasteiger partial charge in [-0.1, -0.05) is 24.3 Å². The fourth-order valence-corrected chi connectivity index (χ4v) is 4.53. The van der Waals surface area contributed by atoms with Crippen molar-refractivity contribution >= 4 is 12.1 Å². The SMILES string of the molecule is CC(c1ccc(C(F)(F)F)cc1)N1CCC2(CC1)CN(Cc1ccc(C(=O)O)cc1)C(=O)O2. The molecule has 0 bridgehead atoms. The Hall–Kier alpha value is -3.07. The van der Waals surface area contributed by atoms with E-state index in [0.29, 0.717) is 39.0 Å². The van der Waals surface area contributed by atoms with Gasteiger partial charge in [0.05, 0.1) is 17.7 Å². The molecule has 9 heteroatoms. The summed E-state index contributed by atoms with van der Waals surface area (Å²) in [6, 6.07) is 11.6. The van der Waals surface area contributed by atoms with Crippen molar-refractivity contribution in [1.82, 2.24) is 9.80 Å². The highest BCUT2D eigenvalue weighted by atomic mass is 19.4. The Balaban J connectivity index is 1.35. The van der Waals surface area contributed by atoms with Gasteiger partial charge in [0.25, 0.3) is 0 Å². The highest BCUT2D eigenvalue weighted by molar-refractivity contribution is 5.87. The third-order valence-electron chi connectivity index (χ3n) is 6.59. The Morgan fingerprint density at radius 3 is 2.24 bits per heavy atom. The van der Waals surface area contributed by atoms with Crippen LogP contribution < -0.4 is 0 Å². The lowest BCUT2D eigenvalue weighted by molar-refractivity contribution is -0.137. The molecule has 1 spiro atoms. The number of rotatable bonds is 5. The number of carboxylic acids is 1. The largest absolute Gasteiger partial charge is 0.478 e. The number of amides is 1. The molecule has 2 aliphatic heterocycles. The number of piperidine rings is 1. The number of carboxylic acid groups (broad SMARTS) is 1. The van der Waals surface area contributed by atoms with E-state index in [1.165, 1.54) is 24.3 Å². The van der Waals surface area contributed by atoms with E-state index >= 15 is 0 Å². The van der Waals surface area contributed by atoms with E-state index in [1.807, 2.05) is 6.92 Å². The van der Waals surface area contributed by atoms with Gasteiger partial charge < -0.3 is 9.84 Å². The molecule has 2 heterocycles. The minimum absolute atomic E-state index is 0.0504. The van der Waals surface area contributed by atoms with Gasteiger partial charge in [-0.05, 0) is 42.3 Å². The van der Waals surface area contributed by atoms with Crippen LogP contribution in [0.5, 0.6) is 0 Å². The molecule has 0 aromatic heterocycles. The van der Waals surface area contributed by atoms with Crippen molar-refractivity contribution in [1.29, 1.82) is 0 Å². The maximum absolute atomic E-state index is 12.8. The van der Waals surface area contributed by atoms with Crippen LogP contribution in [-0.4, -0.2) is 52.2 Å². The number of halogens is 3. The van der Waals surface area contributed by atoms with Crippen molar-refractivity contribution in [2.45, 2.75) is 44.1 Å². The van der Waals surface area contributed by atoms with Gasteiger partial charge in [0.1, 0.15) is 5.60 Å². The summed E-state index contributed by atoms with van der Waals surface area (Å²) in [7, 11) is 0. The Morgan fingerprint density at radius 1 is 1.09 bits per heavy atom. The Labute approximate surface area is 189 Å². The fourth-order valence-electron chi connectivity index (χ4n) is 4.53. The first-order chi connectivity index (χ1) is 15.6. The number of carbonyl (C=O) groups is 2. The van der Waals surface area contributed by atoms with E-state index in [-0.39, 0.29) is 17.7 Å². The summed E-state index contributed by atoms with van der Waals surface area (Å²) in [5.41, 5.74) is 0.588. The average Bonchev–Trinajstić information content (AvgIpc) is 3.08. The lowest BCUT2D eigenvalue weighted by Crippen LogP contribution is -2.47. The number of carbonyl (C=O) groups excluding carboxylic acids is 1. The van der Waals surface area contributed by atoms with E-state index in [9.17, 15) is 22.8 Å². The second kappa shape index (κ2) is 8.70. The predicted molar refractivity (Wildman–Crippen MR) is 114 cm³/mol. The molecule has 2 aromatic rings. The minimum Gasteiger partial charge on any atom is -0.478 e. The van der Waals surface area contributed by atoms with E-state index in [4.69, 9.17) is 9.84 Å². The van der Waals surface area contributed by atoms with Gasteiger partial charge in [-0.3, -0.25) is 9.80 Å². The maximum atomic E-state index is 12.8. The number of ether oxygens (including phenoxy) is 1. The van der Waals surface area contributed by atoms with Crippen molar-refractivity contribution in [3.05, 3.63) is 70.8 Å². The zero-order valence-corrected chi connectivity index (χ0v) is 18.1. The molecule has 0 saturated carbocycles. The van der Waals surface area contributed by atoms with Gasteiger partial charge >= 0.3 is 18.2 Å². The van der Waals surface area contributed by atoms with E-state index in [0.717, 1.165) is 23.3 Å². The summed E-state index contributed by atoms with van der Waals surface area (Å²) in [5, 5.41) is 9.01. The van der Waals surface area contributed by atoms with Crippen molar-refractivity contribution < 1.29 is 32.6 Å². The Bertz CT molecular complexity index is 1010. The topological polar surface area (TPSA) is 70.1 Å². The first-order valence-electron chi connectivity index (χ1n) is 10.8. The second-order valence-electron chi connectivity index (χ2n) is 8.74. The summed E-state index contributed by atoms with van der Waals surface area (Å²) in [5.74, 6) is -1.00. The van der Waals surface area contributed by atoms with Crippen LogP contribution in [0.25, 0.3) is 0 Å². The molecule has 1 amide bonds. The highest BCUT2D eigenvalue weighted by Crippen LogP contribution is 2.37. The summed E-state index contributed by atoms with van der Waals surface area (Å²) in [6.45, 7) is 4.09. The van der Waals surface area contributed by atoms with Crippen LogP contribution in [0.15, 0.2) is 48.5 Å². The lowest BCUT2D eigenvalue weighted by atomic mass is 9.89. The molecule has 2 aliphatic rings. The van der Waals surface area contributed by atoms with Crippen molar-refractivity contribution in [3.63, 3.8) is 0 Å². The van der Waals surface area contributed by atoms with Crippen LogP contribution in [0.3, 0.4) is 0 Å². The van der Waals surface area contributed by atoms with E-state index in [1.54, 1.807) is 17.0 Å². The summed E-state index contributed by atoms with van der Waals surface area (Å²) >= 11 is 0. The maximum Gasteiger partial charge on any atom is 0.416 e. The summed E-state index contributed by atoms with van der Waals surface area (Å²) in [6.07, 6.45) is -3.46. The van der Waals surface area contributed by atoms with Gasteiger partial charge in [0, 0.05) is 38.5 Å². The van der Waals surface area contributed by atoms with E-state index < -0.39 is 23.3 Å². The first-order valence-corrected chi connectivity index (χ1v) is 10.8. The molecule has 1 unspecified atom stereocenters. The molecule has 2 fully saturated rings. The minimum atomic E-state index is -4.35. The van der Waals surface area contributed by atoms with Crippen LogP contribution in [0, 0.1) is 0 Å². The van der Waals surface area contributed by atoms with Crippen molar-refractivity contribution in [2.24, 2.45) is 0 Å². The molecule has 2 aromatic carbocycles. The molecule has 6 nitrogen and oxygen atoms in total. The standard InChI is InChI=1S/C24H25F3N2O4/c1-16(18-6-8-20(9-7-18)24(25,26)27)28-12-10-23(11-13-28)15-29(22(32)33-23)14-17-2-4-19(5-3-17)21(30)31/h2-9,16H,10-15H2,1H3,(H,30,31). The summed E-state index contributed by atoms with van der Waals surface area (Å²) in [4.78, 5) is 27.3. The predicted octanol–water partition coefficient (Wildman–Crippen LogP) is 4.95. The van der Waals surface area contributed by atoms with Gasteiger partial charge in [-0.25, -0.2) is 9.59 Å². The van der Waals surface area contributed by atoms with Crippen molar-refractivity contribution in [2.75, 3.05) is 19.6 Å². The average molecular weight is 462 g/mol. The van der Waals surface area contributed by atoms with Gasteiger partial charge in [0.15, 0.2) is 0 Å². The van der Waals surface area contributed by atoms with Crippen LogP contribution in [-0.2, 0) is 17.5 Å². The Morgan fingerprint density at radius 2 is 1.70 bits per heavy atom. The third kappa shape index (κ3) is 4.98. The van der Waals surface area contributed by atoms with Crippen LogP contribution in [0.1, 0.15) is 52.9 Å². The smallest absolute Gasteiger partial charge is 0.416 e. The van der Waals surface area contributed by atoms with Crippen LogP contribution in [0.2, 0.25) is 0 Å². The van der Waals surface area contributed by atoms with Gasteiger partial charge in [0.2, 0.25) is 0 Å². The monoisotopic (exact) mass is 462 g/mol. The van der Waals surface area contributed by atoms with Gasteiger partial charge in [-0.2, -0.15) is 13.2 Å². The molecule has 1 atom stereocenters. The zero-order chi connectivity index (χ0) is 23.8. The molecule has 0 radical (unpaired) electrons. The molecule has 1 N–H and O–H groups in total. The molecular weight excluding hydrogens is 437 g/mol. The number of benzene rings is 2. The fraction of sp³-hybridized carbons (Fsp3) is 0.417. The molecule has 176 valence electrons. The van der Waals surface area contributed by atoms with Crippen LogP contribution in [0.4, 0.5) is 18.0 Å². The number of alkyl halides is 3. The molecular formula is C24H25F3N2O4. The quantitative estimate of drug-likeness (QED) is 0.681. The van der Waals surface area contributed by atoms with E-state index in [2.05, 4.69) is 4.90 Å². The second-order valence-corrected chi connectivity index (χ2v) is 8.74. The highest BCUT2D eigenvalue weighted by Gasteiger charge is 2.47. The Kier molecular flexibility index (Phi) is 6.09. The number of hydrogen-bond acceptors (Lipinski definition) is 4. The normalized spacial score (nSPS) is 19.5. The number of likely N-dealkylation sites (tertiary alicyclic amines) is 1. The number of hydrogen-bond donors (Lipinski definition) is 1. The summed E-state index contributed by atoms with van der Waals surface area (Å²) < 4.78 is 44.2. The third-order valence-corrected chi connectivity index (χ3v) is 6.59. The number of nitrogens with zero attached hydrogens (tertiary/aromatic N) is 2. The molecule has 2 saturated heterocycles. The lowest BCUT2D eigenvalue weighted by Gasteiger charge is -2.40. The number of aromatic carboxylic acids is 1. The van der Waals surface area contributed by atoms with Crippen molar-refractivity contribution in [3.8, 4) is 0 Å². The zero-order valence-electron chi connectivity index (χ0n) is 18.1. The van der Waals surface area contributed by atoms with Crippen LogP contribution >= 0.6 is 0 Å². The molecule has 4 rings (SSSR count).